The summed E-state index contributed by atoms with van der Waals surface area (Å²) in [6.07, 6.45) is 0. The molecule has 2 aromatic carbocycles. The first-order valence-corrected chi connectivity index (χ1v) is 6.24. The Morgan fingerprint density at radius 3 is 2.48 bits per heavy atom. The predicted molar refractivity (Wildman–Crippen MR) is 75.8 cm³/mol. The average Bonchev–Trinajstić information content (AvgIpc) is 2.46. The van der Waals surface area contributed by atoms with Gasteiger partial charge >= 0.3 is 5.97 Å². The lowest BCUT2D eigenvalue weighted by molar-refractivity contribution is -0.384. The van der Waals surface area contributed by atoms with Crippen molar-refractivity contribution in [1.82, 2.24) is 0 Å². The lowest BCUT2D eigenvalue weighted by Crippen LogP contribution is -2.03. The summed E-state index contributed by atoms with van der Waals surface area (Å²) in [6.45, 7) is 0.0971. The topological polar surface area (TPSA) is 89.7 Å². The van der Waals surface area contributed by atoms with Crippen LogP contribution in [0, 0.1) is 10.1 Å². The minimum Gasteiger partial charge on any atom is -0.488 e. The van der Waals surface area contributed by atoms with Crippen LogP contribution >= 0.6 is 11.6 Å². The van der Waals surface area contributed by atoms with Crippen LogP contribution in [-0.4, -0.2) is 16.0 Å². The molecule has 0 atom stereocenters. The van der Waals surface area contributed by atoms with E-state index in [-0.39, 0.29) is 23.6 Å². The molecule has 108 valence electrons. The molecular formula is C14H10ClNO5. The third kappa shape index (κ3) is 3.70. The Bertz CT molecular complexity index is 684. The summed E-state index contributed by atoms with van der Waals surface area (Å²) in [7, 11) is 0. The van der Waals surface area contributed by atoms with Crippen LogP contribution < -0.4 is 4.74 Å². The molecule has 0 bridgehead atoms. The van der Waals surface area contributed by atoms with Gasteiger partial charge < -0.3 is 9.84 Å². The van der Waals surface area contributed by atoms with E-state index >= 15 is 0 Å². The number of aromatic carboxylic acids is 1. The highest BCUT2D eigenvalue weighted by molar-refractivity contribution is 6.31. The Balaban J connectivity index is 2.13. The van der Waals surface area contributed by atoms with Gasteiger partial charge in [0.05, 0.1) is 4.92 Å². The summed E-state index contributed by atoms with van der Waals surface area (Å²) >= 11 is 5.74. The van der Waals surface area contributed by atoms with Gasteiger partial charge in [0.2, 0.25) is 0 Å². The molecule has 2 rings (SSSR count). The Morgan fingerprint density at radius 2 is 1.90 bits per heavy atom. The molecule has 0 aliphatic rings. The van der Waals surface area contributed by atoms with Crippen molar-refractivity contribution in [2.75, 3.05) is 0 Å². The van der Waals surface area contributed by atoms with Gasteiger partial charge in [-0.25, -0.2) is 4.79 Å². The zero-order valence-corrected chi connectivity index (χ0v) is 11.4. The van der Waals surface area contributed by atoms with Gasteiger partial charge in [-0.2, -0.15) is 0 Å². The van der Waals surface area contributed by atoms with Gasteiger partial charge in [-0.15, -0.1) is 0 Å². The number of non-ortho nitro benzene ring substituents is 1. The average molecular weight is 308 g/mol. The van der Waals surface area contributed by atoms with Crippen LogP contribution in [0.2, 0.25) is 5.02 Å². The van der Waals surface area contributed by atoms with Crippen molar-refractivity contribution in [1.29, 1.82) is 0 Å². The van der Waals surface area contributed by atoms with Gasteiger partial charge in [0.25, 0.3) is 5.69 Å². The van der Waals surface area contributed by atoms with Crippen LogP contribution in [0.1, 0.15) is 15.9 Å². The number of carboxylic acids is 1. The third-order valence-corrected chi connectivity index (χ3v) is 2.95. The number of ether oxygens (including phenoxy) is 1. The van der Waals surface area contributed by atoms with E-state index in [1.54, 1.807) is 12.1 Å². The first-order valence-electron chi connectivity index (χ1n) is 5.86. The van der Waals surface area contributed by atoms with Crippen molar-refractivity contribution in [3.05, 3.63) is 68.7 Å². The predicted octanol–water partition coefficient (Wildman–Crippen LogP) is 3.53. The Kier molecular flexibility index (Phi) is 4.39. The fraction of sp³-hybridized carbons (Fsp3) is 0.0714. The first-order chi connectivity index (χ1) is 9.97. The molecule has 0 aliphatic heterocycles. The van der Waals surface area contributed by atoms with Gasteiger partial charge in [-0.1, -0.05) is 11.6 Å². The molecule has 2 aromatic rings. The molecule has 0 aliphatic carbocycles. The molecule has 0 aromatic heterocycles. The Hall–Kier alpha value is -2.60. The van der Waals surface area contributed by atoms with Crippen molar-refractivity contribution in [3.63, 3.8) is 0 Å². The van der Waals surface area contributed by atoms with E-state index in [9.17, 15) is 14.9 Å². The zero-order valence-electron chi connectivity index (χ0n) is 10.7. The number of nitro groups is 1. The maximum absolute atomic E-state index is 11.1. The van der Waals surface area contributed by atoms with Crippen molar-refractivity contribution in [3.8, 4) is 5.75 Å². The quantitative estimate of drug-likeness (QED) is 0.674. The van der Waals surface area contributed by atoms with E-state index in [0.29, 0.717) is 10.6 Å². The summed E-state index contributed by atoms with van der Waals surface area (Å²) in [5.41, 5.74) is 0.632. The van der Waals surface area contributed by atoms with Gasteiger partial charge in [0.15, 0.2) is 0 Å². The molecule has 6 nitrogen and oxygen atoms in total. The Morgan fingerprint density at radius 1 is 1.24 bits per heavy atom. The molecule has 7 heteroatoms. The largest absolute Gasteiger partial charge is 0.488 e. The van der Waals surface area contributed by atoms with Gasteiger partial charge in [-0.3, -0.25) is 10.1 Å². The highest BCUT2D eigenvalue weighted by Gasteiger charge is 2.12. The van der Waals surface area contributed by atoms with Gasteiger partial charge in [0, 0.05) is 17.2 Å². The fourth-order valence-corrected chi connectivity index (χ4v) is 1.84. The monoisotopic (exact) mass is 307 g/mol. The van der Waals surface area contributed by atoms with E-state index in [1.165, 1.54) is 30.3 Å². The second-order valence-electron chi connectivity index (χ2n) is 4.16. The Labute approximate surface area is 124 Å². The van der Waals surface area contributed by atoms with Gasteiger partial charge in [-0.05, 0) is 35.9 Å². The SMILES string of the molecule is O=C(O)c1cc(Cl)ccc1OCc1ccc([N+](=O)[O-])cc1. The number of benzene rings is 2. The second-order valence-corrected chi connectivity index (χ2v) is 4.59. The van der Waals surface area contributed by atoms with E-state index in [2.05, 4.69) is 0 Å². The molecule has 1 N–H and O–H groups in total. The van der Waals surface area contributed by atoms with Crippen LogP contribution in [0.4, 0.5) is 5.69 Å². The lowest BCUT2D eigenvalue weighted by atomic mass is 10.2. The standard InChI is InChI=1S/C14H10ClNO5/c15-10-3-6-13(12(7-10)14(17)18)21-8-9-1-4-11(5-2-9)16(19)20/h1-7H,8H2,(H,17,18). The van der Waals surface area contributed by atoms with E-state index in [0.717, 1.165) is 0 Å². The van der Waals surface area contributed by atoms with Crippen molar-refractivity contribution in [2.24, 2.45) is 0 Å². The summed E-state index contributed by atoms with van der Waals surface area (Å²) < 4.78 is 5.43. The number of carboxylic acid groups (broad SMARTS) is 1. The molecule has 0 saturated carbocycles. The highest BCUT2D eigenvalue weighted by atomic mass is 35.5. The van der Waals surface area contributed by atoms with Crippen LogP contribution in [0.25, 0.3) is 0 Å². The summed E-state index contributed by atoms with van der Waals surface area (Å²) in [5.74, 6) is -0.957. The van der Waals surface area contributed by atoms with E-state index in [4.69, 9.17) is 21.4 Å². The molecular weight excluding hydrogens is 298 g/mol. The molecule has 0 spiro atoms. The van der Waals surface area contributed by atoms with Crippen LogP contribution in [-0.2, 0) is 6.61 Å². The molecule has 0 heterocycles. The normalized spacial score (nSPS) is 10.1. The van der Waals surface area contributed by atoms with E-state index in [1.807, 2.05) is 0 Å². The molecule has 0 saturated heterocycles. The van der Waals surface area contributed by atoms with Crippen LogP contribution in [0.3, 0.4) is 0 Å². The smallest absolute Gasteiger partial charge is 0.339 e. The van der Waals surface area contributed by atoms with Crippen LogP contribution in [0.5, 0.6) is 5.75 Å². The number of nitrogens with zero attached hydrogens (tertiary/aromatic N) is 1. The minimum absolute atomic E-state index is 0.0172. The minimum atomic E-state index is -1.14. The zero-order chi connectivity index (χ0) is 15.4. The number of rotatable bonds is 5. The first kappa shape index (κ1) is 14.8. The molecule has 21 heavy (non-hydrogen) atoms. The summed E-state index contributed by atoms with van der Waals surface area (Å²) in [6, 6.07) is 10.1. The summed E-state index contributed by atoms with van der Waals surface area (Å²) in [5, 5.41) is 19.9. The number of nitro benzene ring substituents is 1. The maximum Gasteiger partial charge on any atom is 0.339 e. The lowest BCUT2D eigenvalue weighted by Gasteiger charge is -2.09. The van der Waals surface area contributed by atoms with Crippen LogP contribution in [0.15, 0.2) is 42.5 Å². The van der Waals surface area contributed by atoms with Gasteiger partial charge in [0.1, 0.15) is 17.9 Å². The number of hydrogen-bond donors (Lipinski definition) is 1. The second kappa shape index (κ2) is 6.23. The van der Waals surface area contributed by atoms with E-state index < -0.39 is 10.9 Å². The number of hydrogen-bond acceptors (Lipinski definition) is 4. The number of halogens is 1. The highest BCUT2D eigenvalue weighted by Crippen LogP contribution is 2.24. The van der Waals surface area contributed by atoms with Crippen molar-refractivity contribution >= 4 is 23.3 Å². The third-order valence-electron chi connectivity index (χ3n) is 2.71. The maximum atomic E-state index is 11.1. The molecule has 0 fully saturated rings. The molecule has 0 amide bonds. The fourth-order valence-electron chi connectivity index (χ4n) is 1.67. The summed E-state index contributed by atoms with van der Waals surface area (Å²) in [4.78, 5) is 21.1. The molecule has 0 unspecified atom stereocenters. The van der Waals surface area contributed by atoms with Crippen molar-refractivity contribution < 1.29 is 19.6 Å². The molecule has 0 radical (unpaired) electrons. The van der Waals surface area contributed by atoms with Crippen molar-refractivity contribution in [2.45, 2.75) is 6.61 Å². The number of carbonyl (C=O) groups is 1.